The zero-order valence-corrected chi connectivity index (χ0v) is 12.9. The minimum absolute atomic E-state index is 0.509. The van der Waals surface area contributed by atoms with E-state index in [0.29, 0.717) is 24.5 Å². The number of anilines is 1. The summed E-state index contributed by atoms with van der Waals surface area (Å²) >= 11 is 0. The maximum Gasteiger partial charge on any atom is 0.226 e. The first-order valence-corrected chi connectivity index (χ1v) is 7.65. The van der Waals surface area contributed by atoms with E-state index in [1.165, 1.54) is 32.4 Å². The van der Waals surface area contributed by atoms with Crippen LogP contribution in [-0.2, 0) is 0 Å². The molecular weight excluding hydrogens is 252 g/mol. The van der Waals surface area contributed by atoms with Crippen molar-refractivity contribution in [1.82, 2.24) is 14.9 Å². The second kappa shape index (κ2) is 7.43. The maximum absolute atomic E-state index is 5.45. The molecule has 1 aliphatic rings. The standard InChI is InChI=1S/C15H26N4O/c1-4-20-14-10-12(2)17-15(18-14)16-11-13(3)19-8-6-5-7-9-19/h10,13H,4-9,11H2,1-3H3,(H,16,17,18). The average Bonchev–Trinajstić information content (AvgIpc) is 2.45. The second-order valence-electron chi connectivity index (χ2n) is 5.43. The van der Waals surface area contributed by atoms with Crippen LogP contribution in [0.15, 0.2) is 6.07 Å². The molecule has 1 fully saturated rings. The number of hydrogen-bond acceptors (Lipinski definition) is 5. The van der Waals surface area contributed by atoms with E-state index >= 15 is 0 Å². The minimum Gasteiger partial charge on any atom is -0.478 e. The van der Waals surface area contributed by atoms with E-state index in [2.05, 4.69) is 27.1 Å². The molecule has 5 heteroatoms. The zero-order chi connectivity index (χ0) is 14.4. The number of ether oxygens (including phenoxy) is 1. The van der Waals surface area contributed by atoms with Gasteiger partial charge in [-0.1, -0.05) is 6.42 Å². The van der Waals surface area contributed by atoms with Crippen LogP contribution in [0.1, 0.15) is 38.8 Å². The lowest BCUT2D eigenvalue weighted by Gasteiger charge is -2.32. The topological polar surface area (TPSA) is 50.3 Å². The predicted octanol–water partition coefficient (Wildman–Crippen LogP) is 2.47. The number of piperidine rings is 1. The van der Waals surface area contributed by atoms with Gasteiger partial charge in [0.2, 0.25) is 11.8 Å². The minimum atomic E-state index is 0.509. The Morgan fingerprint density at radius 1 is 1.30 bits per heavy atom. The SMILES string of the molecule is CCOc1cc(C)nc(NCC(C)N2CCCCC2)n1. The Kier molecular flexibility index (Phi) is 5.59. The van der Waals surface area contributed by atoms with E-state index in [1.807, 2.05) is 19.9 Å². The van der Waals surface area contributed by atoms with Crippen molar-refractivity contribution in [2.75, 3.05) is 31.6 Å². The Morgan fingerprint density at radius 3 is 2.75 bits per heavy atom. The highest BCUT2D eigenvalue weighted by atomic mass is 16.5. The first-order chi connectivity index (χ1) is 9.69. The zero-order valence-electron chi connectivity index (χ0n) is 12.9. The molecule has 1 saturated heterocycles. The van der Waals surface area contributed by atoms with Crippen molar-refractivity contribution < 1.29 is 4.74 Å². The van der Waals surface area contributed by atoms with Crippen LogP contribution in [0.2, 0.25) is 0 Å². The molecule has 0 saturated carbocycles. The highest BCUT2D eigenvalue weighted by molar-refractivity contribution is 5.30. The molecule has 1 aliphatic heterocycles. The first-order valence-electron chi connectivity index (χ1n) is 7.65. The molecule has 0 radical (unpaired) electrons. The van der Waals surface area contributed by atoms with E-state index in [0.717, 1.165) is 12.2 Å². The highest BCUT2D eigenvalue weighted by Gasteiger charge is 2.16. The Bertz CT molecular complexity index is 418. The van der Waals surface area contributed by atoms with Crippen LogP contribution < -0.4 is 10.1 Å². The quantitative estimate of drug-likeness (QED) is 0.866. The summed E-state index contributed by atoms with van der Waals surface area (Å²) in [7, 11) is 0. The Labute approximate surface area is 121 Å². The van der Waals surface area contributed by atoms with Crippen LogP contribution in [0.5, 0.6) is 5.88 Å². The molecule has 0 aromatic carbocycles. The summed E-state index contributed by atoms with van der Waals surface area (Å²) in [5, 5.41) is 3.34. The molecule has 1 N–H and O–H groups in total. The lowest BCUT2D eigenvalue weighted by molar-refractivity contribution is 0.180. The average molecular weight is 278 g/mol. The fraction of sp³-hybridized carbons (Fsp3) is 0.733. The molecular formula is C15H26N4O. The van der Waals surface area contributed by atoms with Gasteiger partial charge in [-0.2, -0.15) is 4.98 Å². The lowest BCUT2D eigenvalue weighted by Crippen LogP contribution is -2.41. The van der Waals surface area contributed by atoms with Gasteiger partial charge in [-0.25, -0.2) is 4.98 Å². The van der Waals surface area contributed by atoms with Crippen LogP contribution in [0, 0.1) is 6.92 Å². The van der Waals surface area contributed by atoms with Gasteiger partial charge in [-0.15, -0.1) is 0 Å². The van der Waals surface area contributed by atoms with Gasteiger partial charge in [0.15, 0.2) is 0 Å². The number of aryl methyl sites for hydroxylation is 1. The smallest absolute Gasteiger partial charge is 0.226 e. The fourth-order valence-corrected chi connectivity index (χ4v) is 2.57. The predicted molar refractivity (Wildman–Crippen MR) is 81.3 cm³/mol. The van der Waals surface area contributed by atoms with Crippen molar-refractivity contribution in [2.45, 2.75) is 46.1 Å². The first kappa shape index (κ1) is 15.0. The van der Waals surface area contributed by atoms with Crippen LogP contribution in [0.3, 0.4) is 0 Å². The van der Waals surface area contributed by atoms with Gasteiger partial charge in [0.05, 0.1) is 6.61 Å². The van der Waals surface area contributed by atoms with E-state index in [1.54, 1.807) is 0 Å². The van der Waals surface area contributed by atoms with Crippen molar-refractivity contribution in [3.63, 3.8) is 0 Å². The van der Waals surface area contributed by atoms with E-state index in [9.17, 15) is 0 Å². The summed E-state index contributed by atoms with van der Waals surface area (Å²) in [4.78, 5) is 11.3. The molecule has 0 bridgehead atoms. The number of rotatable bonds is 6. The molecule has 2 rings (SSSR count). The number of aromatic nitrogens is 2. The number of nitrogens with one attached hydrogen (secondary N) is 1. The molecule has 1 aromatic heterocycles. The van der Waals surface area contributed by atoms with Crippen molar-refractivity contribution in [3.05, 3.63) is 11.8 Å². The summed E-state index contributed by atoms with van der Waals surface area (Å²) in [5.41, 5.74) is 0.927. The lowest BCUT2D eigenvalue weighted by atomic mass is 10.1. The van der Waals surface area contributed by atoms with Crippen molar-refractivity contribution in [2.24, 2.45) is 0 Å². The third kappa shape index (κ3) is 4.34. The summed E-state index contributed by atoms with van der Waals surface area (Å²) in [6, 6.07) is 2.37. The molecule has 5 nitrogen and oxygen atoms in total. The van der Waals surface area contributed by atoms with Gasteiger partial charge in [-0.3, -0.25) is 4.90 Å². The molecule has 1 unspecified atom stereocenters. The third-order valence-corrected chi connectivity index (χ3v) is 3.69. The van der Waals surface area contributed by atoms with Crippen LogP contribution >= 0.6 is 0 Å². The van der Waals surface area contributed by atoms with Gasteiger partial charge >= 0.3 is 0 Å². The molecule has 0 aliphatic carbocycles. The molecule has 0 spiro atoms. The molecule has 1 atom stereocenters. The second-order valence-corrected chi connectivity index (χ2v) is 5.43. The summed E-state index contributed by atoms with van der Waals surface area (Å²) in [6.45, 7) is 10.1. The number of likely N-dealkylation sites (tertiary alicyclic amines) is 1. The Hall–Kier alpha value is -1.36. The molecule has 2 heterocycles. The summed E-state index contributed by atoms with van der Waals surface area (Å²) < 4.78 is 5.45. The van der Waals surface area contributed by atoms with E-state index in [4.69, 9.17) is 4.74 Å². The Balaban J connectivity index is 1.89. The third-order valence-electron chi connectivity index (χ3n) is 3.69. The number of hydrogen-bond donors (Lipinski definition) is 1. The van der Waals surface area contributed by atoms with Crippen molar-refractivity contribution >= 4 is 5.95 Å². The van der Waals surface area contributed by atoms with Gasteiger partial charge in [0.25, 0.3) is 0 Å². The Morgan fingerprint density at radius 2 is 2.05 bits per heavy atom. The molecule has 0 amide bonds. The van der Waals surface area contributed by atoms with Crippen LogP contribution in [0.25, 0.3) is 0 Å². The van der Waals surface area contributed by atoms with E-state index in [-0.39, 0.29) is 0 Å². The molecule has 112 valence electrons. The van der Waals surface area contributed by atoms with Gasteiger partial charge in [-0.05, 0) is 46.7 Å². The van der Waals surface area contributed by atoms with Gasteiger partial charge in [0.1, 0.15) is 0 Å². The molecule has 1 aromatic rings. The monoisotopic (exact) mass is 278 g/mol. The van der Waals surface area contributed by atoms with Gasteiger partial charge < -0.3 is 10.1 Å². The summed E-state index contributed by atoms with van der Waals surface area (Å²) in [6.07, 6.45) is 4.01. The molecule has 20 heavy (non-hydrogen) atoms. The maximum atomic E-state index is 5.45. The van der Waals surface area contributed by atoms with E-state index < -0.39 is 0 Å². The van der Waals surface area contributed by atoms with Gasteiger partial charge in [0, 0.05) is 24.3 Å². The highest BCUT2D eigenvalue weighted by Crippen LogP contribution is 2.14. The largest absolute Gasteiger partial charge is 0.478 e. The number of nitrogens with zero attached hydrogens (tertiary/aromatic N) is 3. The normalized spacial score (nSPS) is 17.8. The summed E-state index contributed by atoms with van der Waals surface area (Å²) in [5.74, 6) is 1.31. The fourth-order valence-electron chi connectivity index (χ4n) is 2.57. The van der Waals surface area contributed by atoms with Crippen molar-refractivity contribution in [3.8, 4) is 5.88 Å². The van der Waals surface area contributed by atoms with Crippen molar-refractivity contribution in [1.29, 1.82) is 0 Å². The van der Waals surface area contributed by atoms with Crippen LogP contribution in [0.4, 0.5) is 5.95 Å². The van der Waals surface area contributed by atoms with Crippen LogP contribution in [-0.4, -0.2) is 47.2 Å².